The smallest absolute Gasteiger partial charge is 0.0312 e. The third kappa shape index (κ3) is 1.80. The van der Waals surface area contributed by atoms with Crippen LogP contribution in [0.2, 0.25) is 0 Å². The molecule has 1 aromatic heterocycles. The average molecular weight is 218 g/mol. The topological polar surface area (TPSA) is 30.9 Å². The number of fused-ring (bicyclic) bond motifs is 1. The first-order chi connectivity index (χ1) is 7.75. The van der Waals surface area contributed by atoms with E-state index in [0.717, 1.165) is 12.3 Å². The average Bonchev–Trinajstić information content (AvgIpc) is 2.96. The van der Waals surface area contributed by atoms with E-state index in [1.807, 2.05) is 0 Å². The van der Waals surface area contributed by atoms with Crippen molar-refractivity contribution in [1.82, 2.24) is 4.57 Å². The quantitative estimate of drug-likeness (QED) is 0.830. The summed E-state index contributed by atoms with van der Waals surface area (Å²) < 4.78 is 2.49. The zero-order chi connectivity index (χ0) is 11.1. The van der Waals surface area contributed by atoms with Gasteiger partial charge in [0.1, 0.15) is 0 Å². The first kappa shape index (κ1) is 10.4. The minimum Gasteiger partial charge on any atom is -0.348 e. The molecule has 0 bridgehead atoms. The Balaban J connectivity index is 1.83. The number of nitrogens with two attached hydrogens (primary N) is 1. The highest BCUT2D eigenvalue weighted by Crippen LogP contribution is 2.38. The molecule has 1 saturated carbocycles. The minimum absolute atomic E-state index is 0.290. The summed E-state index contributed by atoms with van der Waals surface area (Å²) in [6, 6.07) is 3.21. The van der Waals surface area contributed by atoms with Gasteiger partial charge in [0, 0.05) is 24.0 Å². The van der Waals surface area contributed by atoms with Gasteiger partial charge in [-0.15, -0.1) is 0 Å². The van der Waals surface area contributed by atoms with Gasteiger partial charge in [-0.25, -0.2) is 0 Å². The standard InChI is InChI=1S/C14H22N2/c1-10(9-11-5-6-11)16-8-7-12-13(15)3-2-4-14(12)16/h7-8,10-11,13H,2-6,9,15H2,1H3. The molecule has 0 aromatic carbocycles. The highest BCUT2D eigenvalue weighted by molar-refractivity contribution is 5.28. The van der Waals surface area contributed by atoms with Crippen LogP contribution in [-0.4, -0.2) is 4.57 Å². The van der Waals surface area contributed by atoms with Crippen molar-refractivity contribution in [3.8, 4) is 0 Å². The summed E-state index contributed by atoms with van der Waals surface area (Å²) in [5.74, 6) is 1.00. The fourth-order valence-corrected chi connectivity index (χ4v) is 3.11. The lowest BCUT2D eigenvalue weighted by atomic mass is 9.93. The molecule has 0 aliphatic heterocycles. The normalized spacial score (nSPS) is 26.5. The molecule has 2 nitrogen and oxygen atoms in total. The number of nitrogens with zero attached hydrogens (tertiary/aromatic N) is 1. The maximum Gasteiger partial charge on any atom is 0.0312 e. The van der Waals surface area contributed by atoms with Crippen LogP contribution in [0.4, 0.5) is 0 Å². The highest BCUT2D eigenvalue weighted by atomic mass is 15.0. The molecule has 2 atom stereocenters. The van der Waals surface area contributed by atoms with Gasteiger partial charge in [-0.2, -0.15) is 0 Å². The van der Waals surface area contributed by atoms with Crippen molar-refractivity contribution in [3.63, 3.8) is 0 Å². The largest absolute Gasteiger partial charge is 0.348 e. The summed E-state index contributed by atoms with van der Waals surface area (Å²) in [6.45, 7) is 2.36. The first-order valence-corrected chi connectivity index (χ1v) is 6.71. The number of aromatic nitrogens is 1. The van der Waals surface area contributed by atoms with Crippen LogP contribution in [0.15, 0.2) is 12.3 Å². The molecule has 0 spiro atoms. The summed E-state index contributed by atoms with van der Waals surface area (Å²) >= 11 is 0. The Hall–Kier alpha value is -0.760. The van der Waals surface area contributed by atoms with E-state index in [2.05, 4.69) is 23.8 Å². The van der Waals surface area contributed by atoms with Crippen molar-refractivity contribution in [2.45, 2.75) is 57.5 Å². The maximum absolute atomic E-state index is 6.16. The van der Waals surface area contributed by atoms with E-state index in [-0.39, 0.29) is 6.04 Å². The van der Waals surface area contributed by atoms with Gasteiger partial charge in [0.05, 0.1) is 0 Å². The van der Waals surface area contributed by atoms with Crippen molar-refractivity contribution in [2.75, 3.05) is 0 Å². The van der Waals surface area contributed by atoms with Crippen molar-refractivity contribution in [1.29, 1.82) is 0 Å². The molecule has 1 fully saturated rings. The summed E-state index contributed by atoms with van der Waals surface area (Å²) in [7, 11) is 0. The molecular formula is C14H22N2. The molecule has 0 radical (unpaired) electrons. The number of hydrogen-bond donors (Lipinski definition) is 1. The summed E-state index contributed by atoms with van der Waals surface area (Å²) in [4.78, 5) is 0. The molecule has 1 aromatic rings. The second-order valence-corrected chi connectivity index (χ2v) is 5.65. The fraction of sp³-hybridized carbons (Fsp3) is 0.714. The lowest BCUT2D eigenvalue weighted by Gasteiger charge is -2.24. The van der Waals surface area contributed by atoms with E-state index < -0.39 is 0 Å². The number of rotatable bonds is 3. The molecule has 1 heterocycles. The molecule has 0 saturated heterocycles. The molecule has 2 heteroatoms. The Kier molecular flexibility index (Phi) is 2.55. The van der Waals surface area contributed by atoms with Gasteiger partial charge in [0.15, 0.2) is 0 Å². The van der Waals surface area contributed by atoms with Crippen LogP contribution in [-0.2, 0) is 6.42 Å². The predicted molar refractivity (Wildman–Crippen MR) is 66.4 cm³/mol. The van der Waals surface area contributed by atoms with E-state index in [1.165, 1.54) is 43.4 Å². The van der Waals surface area contributed by atoms with Crippen LogP contribution in [0.3, 0.4) is 0 Å². The molecule has 3 rings (SSSR count). The SMILES string of the molecule is CC(CC1CC1)n1ccc2c1CCCC2N. The Labute approximate surface area is 97.8 Å². The lowest BCUT2D eigenvalue weighted by Crippen LogP contribution is -2.19. The van der Waals surface area contributed by atoms with Gasteiger partial charge < -0.3 is 10.3 Å². The van der Waals surface area contributed by atoms with Gasteiger partial charge in [-0.1, -0.05) is 12.8 Å². The van der Waals surface area contributed by atoms with Gasteiger partial charge >= 0.3 is 0 Å². The molecular weight excluding hydrogens is 196 g/mol. The zero-order valence-electron chi connectivity index (χ0n) is 10.2. The first-order valence-electron chi connectivity index (χ1n) is 6.71. The Bertz CT molecular complexity index is 376. The molecule has 2 aliphatic rings. The third-order valence-electron chi connectivity index (χ3n) is 4.23. The zero-order valence-corrected chi connectivity index (χ0v) is 10.2. The van der Waals surface area contributed by atoms with Gasteiger partial charge in [0.25, 0.3) is 0 Å². The fourth-order valence-electron chi connectivity index (χ4n) is 3.11. The van der Waals surface area contributed by atoms with Crippen molar-refractivity contribution >= 4 is 0 Å². The van der Waals surface area contributed by atoms with Crippen LogP contribution >= 0.6 is 0 Å². The van der Waals surface area contributed by atoms with Crippen LogP contribution in [0, 0.1) is 5.92 Å². The Morgan fingerprint density at radius 1 is 1.44 bits per heavy atom. The van der Waals surface area contributed by atoms with Gasteiger partial charge in [0.2, 0.25) is 0 Å². The van der Waals surface area contributed by atoms with Crippen molar-refractivity contribution < 1.29 is 0 Å². The molecule has 0 amide bonds. The molecule has 2 unspecified atom stereocenters. The monoisotopic (exact) mass is 218 g/mol. The third-order valence-corrected chi connectivity index (χ3v) is 4.23. The van der Waals surface area contributed by atoms with Gasteiger partial charge in [-0.3, -0.25) is 0 Å². The molecule has 2 N–H and O–H groups in total. The minimum atomic E-state index is 0.290. The van der Waals surface area contributed by atoms with Crippen LogP contribution < -0.4 is 5.73 Å². The van der Waals surface area contributed by atoms with Crippen molar-refractivity contribution in [3.05, 3.63) is 23.5 Å². The van der Waals surface area contributed by atoms with E-state index in [1.54, 1.807) is 0 Å². The lowest BCUT2D eigenvalue weighted by molar-refractivity contribution is 0.448. The highest BCUT2D eigenvalue weighted by Gasteiger charge is 2.27. The Morgan fingerprint density at radius 2 is 2.25 bits per heavy atom. The molecule has 16 heavy (non-hydrogen) atoms. The predicted octanol–water partition coefficient (Wildman–Crippen LogP) is 3.19. The van der Waals surface area contributed by atoms with E-state index in [0.29, 0.717) is 6.04 Å². The number of hydrogen-bond acceptors (Lipinski definition) is 1. The van der Waals surface area contributed by atoms with E-state index in [9.17, 15) is 0 Å². The molecule has 2 aliphatic carbocycles. The second kappa shape index (κ2) is 3.92. The Morgan fingerprint density at radius 3 is 3.00 bits per heavy atom. The van der Waals surface area contributed by atoms with Crippen molar-refractivity contribution in [2.24, 2.45) is 11.7 Å². The van der Waals surface area contributed by atoms with Gasteiger partial charge in [-0.05, 0) is 50.2 Å². The van der Waals surface area contributed by atoms with Crippen LogP contribution in [0.1, 0.15) is 62.4 Å². The van der Waals surface area contributed by atoms with E-state index >= 15 is 0 Å². The summed E-state index contributed by atoms with van der Waals surface area (Å²) in [5.41, 5.74) is 9.09. The summed E-state index contributed by atoms with van der Waals surface area (Å²) in [5, 5.41) is 0. The van der Waals surface area contributed by atoms with E-state index in [4.69, 9.17) is 5.73 Å². The maximum atomic E-state index is 6.16. The molecule has 88 valence electrons. The van der Waals surface area contributed by atoms with Crippen LogP contribution in [0.25, 0.3) is 0 Å². The summed E-state index contributed by atoms with van der Waals surface area (Å²) in [6.07, 6.45) is 10.2. The second-order valence-electron chi connectivity index (χ2n) is 5.65. The van der Waals surface area contributed by atoms with Crippen LogP contribution in [0.5, 0.6) is 0 Å².